The van der Waals surface area contributed by atoms with Gasteiger partial charge in [0, 0.05) is 16.5 Å². The van der Waals surface area contributed by atoms with E-state index in [1.54, 1.807) is 0 Å². The van der Waals surface area contributed by atoms with Crippen LogP contribution < -0.4 is 0 Å². The Morgan fingerprint density at radius 3 is 2.06 bits per heavy atom. The van der Waals surface area contributed by atoms with Gasteiger partial charge in [-0.3, -0.25) is 0 Å². The molecule has 0 spiro atoms. The van der Waals surface area contributed by atoms with E-state index in [0.717, 1.165) is 32.0 Å². The van der Waals surface area contributed by atoms with E-state index >= 15 is 0 Å². The van der Waals surface area contributed by atoms with E-state index in [2.05, 4.69) is 49.8 Å². The standard InChI is InChI=1S/C12H26N3.Ni/c1-7-15(8-2)10-9-13-11(3)14-12(4,5)6;/h7-10H2,1-6H3;/q-1;. The van der Waals surface area contributed by atoms with Gasteiger partial charge >= 0.3 is 0 Å². The average Bonchev–Trinajstić information content (AvgIpc) is 2.09. The Kier molecular flexibility index (Phi) is 10.3. The predicted molar refractivity (Wildman–Crippen MR) is 68.9 cm³/mol. The molecule has 0 bridgehead atoms. The van der Waals surface area contributed by atoms with Crippen molar-refractivity contribution in [2.75, 3.05) is 26.2 Å². The second-order valence-electron chi connectivity index (χ2n) is 4.74. The zero-order chi connectivity index (χ0) is 11.9. The van der Waals surface area contributed by atoms with Crippen LogP contribution in [0.5, 0.6) is 0 Å². The van der Waals surface area contributed by atoms with Crippen molar-refractivity contribution in [1.82, 2.24) is 4.90 Å². The van der Waals surface area contributed by atoms with Crippen LogP contribution in [0.4, 0.5) is 0 Å². The Hall–Kier alpha value is -0.0765. The molecule has 0 aliphatic rings. The molecule has 0 saturated carbocycles. The molecule has 0 aromatic rings. The summed E-state index contributed by atoms with van der Waals surface area (Å²) in [6.07, 6.45) is 0. The Morgan fingerprint density at radius 1 is 1.19 bits per heavy atom. The van der Waals surface area contributed by atoms with Crippen molar-refractivity contribution in [3.8, 4) is 0 Å². The van der Waals surface area contributed by atoms with Crippen molar-refractivity contribution in [2.24, 2.45) is 4.99 Å². The third-order valence-electron chi connectivity index (χ3n) is 2.15. The van der Waals surface area contributed by atoms with E-state index in [9.17, 15) is 0 Å². The van der Waals surface area contributed by atoms with Gasteiger partial charge in [-0.05, 0) is 38.6 Å². The summed E-state index contributed by atoms with van der Waals surface area (Å²) in [5, 5.41) is 4.45. The maximum atomic E-state index is 4.49. The second kappa shape index (κ2) is 9.01. The average molecular weight is 271 g/mol. The summed E-state index contributed by atoms with van der Waals surface area (Å²) in [7, 11) is 0. The summed E-state index contributed by atoms with van der Waals surface area (Å²) < 4.78 is 0. The number of aliphatic imine (C=N–C) groups is 1. The molecule has 3 nitrogen and oxygen atoms in total. The van der Waals surface area contributed by atoms with Gasteiger partial charge < -0.3 is 15.2 Å². The molecule has 0 atom stereocenters. The van der Waals surface area contributed by atoms with Crippen LogP contribution in [-0.4, -0.2) is 42.5 Å². The Bertz CT molecular complexity index is 193. The first kappa shape index (κ1) is 18.3. The van der Waals surface area contributed by atoms with E-state index < -0.39 is 0 Å². The van der Waals surface area contributed by atoms with Gasteiger partial charge in [-0.25, -0.2) is 0 Å². The van der Waals surface area contributed by atoms with Gasteiger partial charge in [0.2, 0.25) is 0 Å². The number of amidine groups is 1. The fourth-order valence-corrected chi connectivity index (χ4v) is 1.41. The molecule has 0 heterocycles. The van der Waals surface area contributed by atoms with Gasteiger partial charge in [-0.2, -0.15) is 0 Å². The van der Waals surface area contributed by atoms with Crippen molar-refractivity contribution in [3.05, 3.63) is 5.32 Å². The molecule has 0 N–H and O–H groups in total. The number of hydrogen-bond donors (Lipinski definition) is 0. The van der Waals surface area contributed by atoms with Crippen LogP contribution in [0.2, 0.25) is 0 Å². The summed E-state index contributed by atoms with van der Waals surface area (Å²) in [4.78, 5) is 6.86. The van der Waals surface area contributed by atoms with Gasteiger partial charge in [-0.1, -0.05) is 40.5 Å². The minimum Gasteiger partial charge on any atom is -0.468 e. The first-order valence-electron chi connectivity index (χ1n) is 5.85. The van der Waals surface area contributed by atoms with Crippen LogP contribution >= 0.6 is 0 Å². The summed E-state index contributed by atoms with van der Waals surface area (Å²) in [5.41, 5.74) is -0.0111. The van der Waals surface area contributed by atoms with Crippen molar-refractivity contribution in [1.29, 1.82) is 0 Å². The fourth-order valence-electron chi connectivity index (χ4n) is 1.41. The monoisotopic (exact) mass is 270 g/mol. The van der Waals surface area contributed by atoms with Gasteiger partial charge in [0.05, 0.1) is 0 Å². The first-order valence-corrected chi connectivity index (χ1v) is 5.85. The third kappa shape index (κ3) is 10.4. The van der Waals surface area contributed by atoms with Crippen molar-refractivity contribution in [3.63, 3.8) is 0 Å². The van der Waals surface area contributed by atoms with E-state index in [4.69, 9.17) is 0 Å². The van der Waals surface area contributed by atoms with Gasteiger partial charge in [0.15, 0.2) is 0 Å². The molecular formula is C12H26N3Ni-. The van der Waals surface area contributed by atoms with E-state index in [1.165, 1.54) is 0 Å². The first-order chi connectivity index (χ1) is 6.89. The largest absolute Gasteiger partial charge is 0.468 e. The third-order valence-corrected chi connectivity index (χ3v) is 2.15. The minimum atomic E-state index is -0.0111. The van der Waals surface area contributed by atoms with Crippen LogP contribution in [0.15, 0.2) is 4.99 Å². The van der Waals surface area contributed by atoms with Crippen molar-refractivity contribution < 1.29 is 16.5 Å². The molecule has 0 radical (unpaired) electrons. The summed E-state index contributed by atoms with van der Waals surface area (Å²) in [5.74, 6) is 0.912. The summed E-state index contributed by atoms with van der Waals surface area (Å²) >= 11 is 0. The molecule has 0 saturated heterocycles. The van der Waals surface area contributed by atoms with Crippen molar-refractivity contribution in [2.45, 2.75) is 47.1 Å². The van der Waals surface area contributed by atoms with Gasteiger partial charge in [0.25, 0.3) is 0 Å². The molecule has 16 heavy (non-hydrogen) atoms. The quantitative estimate of drug-likeness (QED) is 0.429. The Balaban J connectivity index is 0. The molecular weight excluding hydrogens is 245 g/mol. The van der Waals surface area contributed by atoms with E-state index in [-0.39, 0.29) is 22.0 Å². The number of hydrogen-bond acceptors (Lipinski definition) is 2. The maximum absolute atomic E-state index is 4.49. The molecule has 0 fully saturated rings. The van der Waals surface area contributed by atoms with Crippen LogP contribution in [0.3, 0.4) is 0 Å². The molecule has 0 aliphatic carbocycles. The Morgan fingerprint density at radius 2 is 1.69 bits per heavy atom. The maximum Gasteiger partial charge on any atom is 0 e. The minimum absolute atomic E-state index is 0. The zero-order valence-corrected chi connectivity index (χ0v) is 12.5. The molecule has 0 aromatic heterocycles. The van der Waals surface area contributed by atoms with Crippen LogP contribution in [-0.2, 0) is 16.5 Å². The molecule has 100 valence electrons. The molecule has 0 amide bonds. The van der Waals surface area contributed by atoms with Crippen LogP contribution in [0, 0.1) is 0 Å². The van der Waals surface area contributed by atoms with Crippen LogP contribution in [0.25, 0.3) is 5.32 Å². The molecule has 0 rings (SSSR count). The van der Waals surface area contributed by atoms with Gasteiger partial charge in [-0.15, -0.1) is 0 Å². The van der Waals surface area contributed by atoms with Crippen LogP contribution in [0.1, 0.15) is 41.5 Å². The molecule has 0 unspecified atom stereocenters. The number of likely N-dealkylation sites (N-methyl/N-ethyl adjacent to an activating group) is 1. The second-order valence-corrected chi connectivity index (χ2v) is 4.74. The summed E-state index contributed by atoms with van der Waals surface area (Å²) in [6.45, 7) is 16.7. The Labute approximate surface area is 111 Å². The van der Waals surface area contributed by atoms with Gasteiger partial charge in [0.1, 0.15) is 0 Å². The number of nitrogens with zero attached hydrogens (tertiary/aromatic N) is 3. The normalized spacial score (nSPS) is 12.6. The zero-order valence-electron chi connectivity index (χ0n) is 11.5. The smallest absolute Gasteiger partial charge is 0 e. The van der Waals surface area contributed by atoms with E-state index in [0.29, 0.717) is 0 Å². The topological polar surface area (TPSA) is 29.7 Å². The predicted octanol–water partition coefficient (Wildman–Crippen LogP) is 2.92. The number of rotatable bonds is 5. The SMILES string of the molecule is CCN(CC)CC[N-]C(C)=NC(C)(C)C.[Ni]. The fraction of sp³-hybridized carbons (Fsp3) is 0.917. The van der Waals surface area contributed by atoms with E-state index in [1.807, 2.05) is 6.92 Å². The van der Waals surface area contributed by atoms with Crippen molar-refractivity contribution >= 4 is 5.84 Å². The summed E-state index contributed by atoms with van der Waals surface area (Å²) in [6, 6.07) is 0. The molecule has 0 aliphatic heterocycles. The molecule has 0 aromatic carbocycles. The molecule has 4 heteroatoms.